The second-order valence-electron chi connectivity index (χ2n) is 13.2. The van der Waals surface area contributed by atoms with Gasteiger partial charge in [-0.2, -0.15) is 0 Å². The van der Waals surface area contributed by atoms with Crippen molar-refractivity contribution in [2.24, 2.45) is 0 Å². The highest BCUT2D eigenvalue weighted by Crippen LogP contribution is 2.46. The van der Waals surface area contributed by atoms with E-state index in [-0.39, 0.29) is 0 Å². The first kappa shape index (κ1) is 28.8. The van der Waals surface area contributed by atoms with E-state index in [9.17, 15) is 0 Å². The normalized spacial score (nSPS) is 11.8. The van der Waals surface area contributed by atoms with Gasteiger partial charge in [0.05, 0.1) is 11.1 Å². The number of hydrogen-bond acceptors (Lipinski definition) is 4. The summed E-state index contributed by atoms with van der Waals surface area (Å²) in [5, 5.41) is 6.46. The third-order valence-electron chi connectivity index (χ3n) is 10.3. The van der Waals surface area contributed by atoms with E-state index in [0.29, 0.717) is 0 Å². The standard InChI is InChI=1S/C48H29NO3/c1-3-13-31(14-4-1)49(32-15-5-2-6-16-32)40-23-12-26-44-46(40)39-29-30(27-28-42(39)51-44)33-18-9-21-36-37-22-10-20-35(48(37)52-47(33)36)34-19-11-25-43-45(34)38-17-7-8-24-41(38)50-43/h1-29H. The van der Waals surface area contributed by atoms with Crippen molar-refractivity contribution in [1.29, 1.82) is 0 Å². The van der Waals surface area contributed by atoms with Crippen molar-refractivity contribution in [2.75, 3.05) is 4.90 Å². The van der Waals surface area contributed by atoms with Crippen LogP contribution >= 0.6 is 0 Å². The largest absolute Gasteiger partial charge is 0.456 e. The van der Waals surface area contributed by atoms with Gasteiger partial charge in [0.25, 0.3) is 0 Å². The monoisotopic (exact) mass is 667 g/mol. The second-order valence-corrected chi connectivity index (χ2v) is 13.2. The van der Waals surface area contributed by atoms with Crippen LogP contribution in [0.15, 0.2) is 189 Å². The van der Waals surface area contributed by atoms with Crippen LogP contribution in [0.2, 0.25) is 0 Å². The van der Waals surface area contributed by atoms with Gasteiger partial charge < -0.3 is 18.2 Å². The molecule has 4 heteroatoms. The maximum Gasteiger partial charge on any atom is 0.143 e. The van der Waals surface area contributed by atoms with Crippen LogP contribution in [0.4, 0.5) is 17.1 Å². The average Bonchev–Trinajstić information content (AvgIpc) is 3.90. The van der Waals surface area contributed by atoms with Crippen LogP contribution in [-0.4, -0.2) is 0 Å². The Hall–Kier alpha value is -7.04. The molecule has 11 aromatic rings. The first-order valence-electron chi connectivity index (χ1n) is 17.5. The average molecular weight is 668 g/mol. The van der Waals surface area contributed by atoms with E-state index in [2.05, 4.69) is 150 Å². The molecule has 0 bridgehead atoms. The molecule has 11 rings (SSSR count). The summed E-state index contributed by atoms with van der Waals surface area (Å²) >= 11 is 0. The summed E-state index contributed by atoms with van der Waals surface area (Å²) in [7, 11) is 0. The van der Waals surface area contributed by atoms with E-state index in [1.165, 1.54) is 0 Å². The van der Waals surface area contributed by atoms with Gasteiger partial charge in [0.15, 0.2) is 0 Å². The molecule has 0 saturated carbocycles. The van der Waals surface area contributed by atoms with Gasteiger partial charge in [-0.15, -0.1) is 0 Å². The van der Waals surface area contributed by atoms with Crippen LogP contribution in [0.25, 0.3) is 88.1 Å². The third-order valence-corrected chi connectivity index (χ3v) is 10.3. The van der Waals surface area contributed by atoms with Crippen molar-refractivity contribution in [3.05, 3.63) is 176 Å². The Labute approximate surface area is 298 Å². The molecule has 244 valence electrons. The Morgan fingerprint density at radius 3 is 1.62 bits per heavy atom. The molecule has 4 nitrogen and oxygen atoms in total. The number of para-hydroxylation sites is 5. The number of furan rings is 3. The van der Waals surface area contributed by atoms with Gasteiger partial charge in [-0.05, 0) is 71.8 Å². The van der Waals surface area contributed by atoms with Gasteiger partial charge in [0, 0.05) is 49.4 Å². The molecule has 3 heterocycles. The predicted octanol–water partition coefficient (Wildman–Crippen LogP) is 14.2. The maximum absolute atomic E-state index is 6.96. The van der Waals surface area contributed by atoms with E-state index in [1.54, 1.807) is 0 Å². The zero-order valence-corrected chi connectivity index (χ0v) is 27.9. The van der Waals surface area contributed by atoms with Gasteiger partial charge in [-0.25, -0.2) is 0 Å². The molecule has 8 aromatic carbocycles. The zero-order chi connectivity index (χ0) is 34.2. The van der Waals surface area contributed by atoms with E-state index in [0.717, 1.165) is 105 Å². The number of fused-ring (bicyclic) bond motifs is 9. The fraction of sp³-hybridized carbons (Fsp3) is 0. The lowest BCUT2D eigenvalue weighted by molar-refractivity contribution is 0.668. The summed E-state index contributed by atoms with van der Waals surface area (Å²) in [6, 6.07) is 61.1. The highest BCUT2D eigenvalue weighted by atomic mass is 16.3. The van der Waals surface area contributed by atoms with Crippen LogP contribution in [-0.2, 0) is 0 Å². The van der Waals surface area contributed by atoms with Gasteiger partial charge in [0.1, 0.15) is 33.5 Å². The highest BCUT2D eigenvalue weighted by molar-refractivity contribution is 6.19. The molecule has 0 aliphatic carbocycles. The maximum atomic E-state index is 6.96. The lowest BCUT2D eigenvalue weighted by atomic mass is 9.97. The molecule has 0 aliphatic rings. The Kier molecular flexibility index (Phi) is 6.22. The van der Waals surface area contributed by atoms with Crippen LogP contribution in [0.3, 0.4) is 0 Å². The molecule has 0 amide bonds. The van der Waals surface area contributed by atoms with Crippen molar-refractivity contribution >= 4 is 82.9 Å². The molecule has 0 unspecified atom stereocenters. The molecule has 0 spiro atoms. The Bertz CT molecular complexity index is 3090. The van der Waals surface area contributed by atoms with Gasteiger partial charge in [0.2, 0.25) is 0 Å². The number of hydrogen-bond donors (Lipinski definition) is 0. The SMILES string of the molecule is c1ccc(N(c2ccccc2)c2cccc3oc4ccc(-c5cccc6c5oc5c(-c7cccc8oc9ccccc9c78)cccc56)cc4c23)cc1. The van der Waals surface area contributed by atoms with E-state index >= 15 is 0 Å². The molecule has 0 atom stereocenters. The quantitative estimate of drug-likeness (QED) is 0.183. The summed E-state index contributed by atoms with van der Waals surface area (Å²) in [4.78, 5) is 2.30. The second kappa shape index (κ2) is 11.2. The summed E-state index contributed by atoms with van der Waals surface area (Å²) in [5.41, 5.74) is 12.6. The molecular formula is C48H29NO3. The van der Waals surface area contributed by atoms with Crippen LogP contribution < -0.4 is 4.90 Å². The van der Waals surface area contributed by atoms with Crippen molar-refractivity contribution in [2.45, 2.75) is 0 Å². The Morgan fingerprint density at radius 2 is 0.865 bits per heavy atom. The van der Waals surface area contributed by atoms with Crippen molar-refractivity contribution < 1.29 is 13.3 Å². The molecule has 0 radical (unpaired) electrons. The highest BCUT2D eigenvalue weighted by Gasteiger charge is 2.22. The smallest absolute Gasteiger partial charge is 0.143 e. The minimum Gasteiger partial charge on any atom is -0.456 e. The van der Waals surface area contributed by atoms with Crippen LogP contribution in [0.5, 0.6) is 0 Å². The molecule has 0 N–H and O–H groups in total. The minimum atomic E-state index is 0.840. The van der Waals surface area contributed by atoms with Crippen molar-refractivity contribution in [3.63, 3.8) is 0 Å². The zero-order valence-electron chi connectivity index (χ0n) is 27.9. The summed E-state index contributed by atoms with van der Waals surface area (Å²) < 4.78 is 19.7. The minimum absolute atomic E-state index is 0.840. The molecule has 0 fully saturated rings. The van der Waals surface area contributed by atoms with Crippen LogP contribution in [0.1, 0.15) is 0 Å². The number of anilines is 3. The number of rotatable bonds is 5. The molecule has 52 heavy (non-hydrogen) atoms. The van der Waals surface area contributed by atoms with E-state index in [4.69, 9.17) is 13.3 Å². The Balaban J connectivity index is 1.12. The van der Waals surface area contributed by atoms with E-state index in [1.807, 2.05) is 30.3 Å². The lowest BCUT2D eigenvalue weighted by Crippen LogP contribution is -2.09. The topological polar surface area (TPSA) is 42.7 Å². The fourth-order valence-corrected chi connectivity index (χ4v) is 8.00. The Morgan fingerprint density at radius 1 is 0.327 bits per heavy atom. The molecule has 3 aromatic heterocycles. The number of benzene rings is 8. The first-order chi connectivity index (χ1) is 25.8. The van der Waals surface area contributed by atoms with Crippen LogP contribution in [0, 0.1) is 0 Å². The lowest BCUT2D eigenvalue weighted by Gasteiger charge is -2.26. The van der Waals surface area contributed by atoms with Gasteiger partial charge in [-0.1, -0.05) is 115 Å². The van der Waals surface area contributed by atoms with Gasteiger partial charge in [-0.3, -0.25) is 0 Å². The summed E-state index contributed by atoms with van der Waals surface area (Å²) in [6.45, 7) is 0. The fourth-order valence-electron chi connectivity index (χ4n) is 8.00. The predicted molar refractivity (Wildman–Crippen MR) is 214 cm³/mol. The van der Waals surface area contributed by atoms with Crippen molar-refractivity contribution in [3.8, 4) is 22.3 Å². The third kappa shape index (κ3) is 4.28. The van der Waals surface area contributed by atoms with Crippen molar-refractivity contribution in [1.82, 2.24) is 0 Å². The van der Waals surface area contributed by atoms with Gasteiger partial charge >= 0.3 is 0 Å². The summed E-state index contributed by atoms with van der Waals surface area (Å²) in [6.07, 6.45) is 0. The molecular weight excluding hydrogens is 639 g/mol. The molecule has 0 aliphatic heterocycles. The molecule has 0 saturated heterocycles. The first-order valence-corrected chi connectivity index (χ1v) is 17.5. The summed E-state index contributed by atoms with van der Waals surface area (Å²) in [5.74, 6) is 0. The number of nitrogens with zero attached hydrogens (tertiary/aromatic N) is 1. The van der Waals surface area contributed by atoms with E-state index < -0.39 is 0 Å².